The molecule has 2 heterocycles. The van der Waals surface area contributed by atoms with Crippen LogP contribution in [0.5, 0.6) is 0 Å². The molecule has 0 spiro atoms. The van der Waals surface area contributed by atoms with Crippen molar-refractivity contribution in [2.24, 2.45) is 5.92 Å². The van der Waals surface area contributed by atoms with Gasteiger partial charge in [-0.3, -0.25) is 4.79 Å². The van der Waals surface area contributed by atoms with Gasteiger partial charge in [0.15, 0.2) is 0 Å². The van der Waals surface area contributed by atoms with E-state index in [0.29, 0.717) is 6.42 Å². The van der Waals surface area contributed by atoms with Crippen LogP contribution in [0.15, 0.2) is 30.9 Å². The Kier molecular flexibility index (Phi) is 4.69. The predicted molar refractivity (Wildman–Crippen MR) is 93.3 cm³/mol. The summed E-state index contributed by atoms with van der Waals surface area (Å²) in [6.45, 7) is 9.09. The highest BCUT2D eigenvalue weighted by atomic mass is 19.1. The first-order valence-corrected chi connectivity index (χ1v) is 8.55. The number of aryl methyl sites for hydroxylation is 1. The van der Waals surface area contributed by atoms with Crippen LogP contribution in [-0.4, -0.2) is 33.4 Å². The smallest absolute Gasteiger partial charge is 0.225 e. The van der Waals surface area contributed by atoms with Gasteiger partial charge >= 0.3 is 0 Å². The maximum Gasteiger partial charge on any atom is 0.225 e. The molecule has 4 nitrogen and oxygen atoms in total. The van der Waals surface area contributed by atoms with Crippen LogP contribution < -0.4 is 0 Å². The van der Waals surface area contributed by atoms with Crippen LogP contribution in [-0.2, 0) is 4.79 Å². The van der Waals surface area contributed by atoms with Crippen molar-refractivity contribution >= 4 is 16.9 Å². The number of hydrogen-bond acceptors (Lipinski definition) is 2. The maximum absolute atomic E-state index is 13.6. The number of fused-ring (bicyclic) bond motifs is 1. The van der Waals surface area contributed by atoms with E-state index in [1.54, 1.807) is 18.2 Å². The molecule has 1 atom stereocenters. The van der Waals surface area contributed by atoms with Crippen LogP contribution in [0.1, 0.15) is 38.1 Å². The van der Waals surface area contributed by atoms with Crippen LogP contribution in [0.25, 0.3) is 11.0 Å². The second-order valence-corrected chi connectivity index (χ2v) is 6.64. The Balaban J connectivity index is 1.75. The molecule has 1 aromatic carbocycles. The van der Waals surface area contributed by atoms with E-state index >= 15 is 0 Å². The number of carbonyl (C=O) groups excluding carboxylic acids is 1. The average Bonchev–Trinajstić information content (AvgIpc) is 2.89. The van der Waals surface area contributed by atoms with Gasteiger partial charge in [0.2, 0.25) is 5.91 Å². The number of nitrogens with zero attached hydrogens (tertiary/aromatic N) is 3. The Morgan fingerprint density at radius 2 is 2.17 bits per heavy atom. The number of allylic oxidation sites excluding steroid dienone is 1. The molecular formula is C19H24FN3O. The molecule has 1 amide bonds. The monoisotopic (exact) mass is 329 g/mol. The largest absolute Gasteiger partial charge is 0.342 e. The van der Waals surface area contributed by atoms with Crippen LogP contribution >= 0.6 is 0 Å². The SMILES string of the molecule is C=CC[C@@H](C)C(=O)N1CCC(n2c(C)nc3ccc(F)cc32)CC1. The topological polar surface area (TPSA) is 38.1 Å². The van der Waals surface area contributed by atoms with E-state index in [-0.39, 0.29) is 23.7 Å². The van der Waals surface area contributed by atoms with Gasteiger partial charge in [0.25, 0.3) is 0 Å². The minimum Gasteiger partial charge on any atom is -0.342 e. The van der Waals surface area contributed by atoms with Crippen molar-refractivity contribution < 1.29 is 9.18 Å². The molecule has 3 rings (SSSR count). The minimum absolute atomic E-state index is 0.0102. The molecular weight excluding hydrogens is 305 g/mol. The highest BCUT2D eigenvalue weighted by molar-refractivity contribution is 5.79. The van der Waals surface area contributed by atoms with Crippen molar-refractivity contribution in [2.75, 3.05) is 13.1 Å². The highest BCUT2D eigenvalue weighted by Gasteiger charge is 2.27. The van der Waals surface area contributed by atoms with Gasteiger partial charge in [-0.1, -0.05) is 13.0 Å². The number of piperidine rings is 1. The summed E-state index contributed by atoms with van der Waals surface area (Å²) in [6.07, 6.45) is 4.25. The second kappa shape index (κ2) is 6.75. The number of halogens is 1. The summed E-state index contributed by atoms with van der Waals surface area (Å²) in [7, 11) is 0. The van der Waals surface area contributed by atoms with Crippen molar-refractivity contribution in [1.29, 1.82) is 0 Å². The molecule has 0 aliphatic carbocycles. The molecule has 1 aliphatic rings. The molecule has 5 heteroatoms. The van der Waals surface area contributed by atoms with Gasteiger partial charge in [0.1, 0.15) is 11.6 Å². The number of carbonyl (C=O) groups is 1. The fourth-order valence-electron chi connectivity index (χ4n) is 3.65. The second-order valence-electron chi connectivity index (χ2n) is 6.64. The molecule has 24 heavy (non-hydrogen) atoms. The van der Waals surface area contributed by atoms with Gasteiger partial charge < -0.3 is 9.47 Å². The average molecular weight is 329 g/mol. The number of amides is 1. The molecule has 0 N–H and O–H groups in total. The molecule has 0 unspecified atom stereocenters. The first kappa shape index (κ1) is 16.7. The molecule has 128 valence electrons. The van der Waals surface area contributed by atoms with E-state index in [4.69, 9.17) is 0 Å². The first-order valence-electron chi connectivity index (χ1n) is 8.55. The maximum atomic E-state index is 13.6. The third-order valence-electron chi connectivity index (χ3n) is 4.91. The molecule has 1 aromatic heterocycles. The summed E-state index contributed by atoms with van der Waals surface area (Å²) in [4.78, 5) is 18.9. The van der Waals surface area contributed by atoms with E-state index in [0.717, 1.165) is 42.8 Å². The van der Waals surface area contributed by atoms with E-state index in [2.05, 4.69) is 16.1 Å². The number of likely N-dealkylation sites (tertiary alicyclic amines) is 1. The van der Waals surface area contributed by atoms with Gasteiger partial charge in [-0.05, 0) is 44.4 Å². The van der Waals surface area contributed by atoms with Crippen LogP contribution in [0, 0.1) is 18.7 Å². The summed E-state index contributed by atoms with van der Waals surface area (Å²) in [5, 5.41) is 0. The fourth-order valence-corrected chi connectivity index (χ4v) is 3.65. The molecule has 0 radical (unpaired) electrons. The van der Waals surface area contributed by atoms with E-state index in [9.17, 15) is 9.18 Å². The lowest BCUT2D eigenvalue weighted by Crippen LogP contribution is -2.41. The zero-order chi connectivity index (χ0) is 17.3. The van der Waals surface area contributed by atoms with Gasteiger partial charge in [-0.2, -0.15) is 0 Å². The third-order valence-corrected chi connectivity index (χ3v) is 4.91. The van der Waals surface area contributed by atoms with Crippen LogP contribution in [0.2, 0.25) is 0 Å². The molecule has 1 fully saturated rings. The summed E-state index contributed by atoms with van der Waals surface area (Å²) in [5.41, 5.74) is 1.67. The Morgan fingerprint density at radius 3 is 2.83 bits per heavy atom. The number of hydrogen-bond donors (Lipinski definition) is 0. The Labute approximate surface area is 142 Å². The summed E-state index contributed by atoms with van der Waals surface area (Å²) in [6, 6.07) is 4.99. The lowest BCUT2D eigenvalue weighted by Gasteiger charge is -2.34. The Hall–Kier alpha value is -2.17. The van der Waals surface area contributed by atoms with E-state index < -0.39 is 0 Å². The zero-order valence-corrected chi connectivity index (χ0v) is 14.3. The van der Waals surface area contributed by atoms with Crippen molar-refractivity contribution in [2.45, 2.75) is 39.2 Å². The Bertz CT molecular complexity index is 759. The molecule has 1 aliphatic heterocycles. The van der Waals surface area contributed by atoms with Crippen LogP contribution in [0.4, 0.5) is 4.39 Å². The van der Waals surface area contributed by atoms with Crippen LogP contribution in [0.3, 0.4) is 0 Å². The molecule has 0 bridgehead atoms. The zero-order valence-electron chi connectivity index (χ0n) is 14.3. The summed E-state index contributed by atoms with van der Waals surface area (Å²) in [5.74, 6) is 0.852. The quantitative estimate of drug-likeness (QED) is 0.799. The van der Waals surface area contributed by atoms with Crippen molar-refractivity contribution in [3.05, 3.63) is 42.5 Å². The highest BCUT2D eigenvalue weighted by Crippen LogP contribution is 2.29. The fraction of sp³-hybridized carbons (Fsp3) is 0.474. The predicted octanol–water partition coefficient (Wildman–Crippen LogP) is 3.86. The lowest BCUT2D eigenvalue weighted by molar-refractivity contribution is -0.136. The van der Waals surface area contributed by atoms with Gasteiger partial charge in [0, 0.05) is 25.0 Å². The number of aromatic nitrogens is 2. The molecule has 1 saturated heterocycles. The van der Waals surface area contributed by atoms with Gasteiger partial charge in [0.05, 0.1) is 11.0 Å². The molecule has 0 saturated carbocycles. The number of imidazole rings is 1. The standard InChI is InChI=1S/C19H24FN3O/c1-4-5-13(2)19(24)22-10-8-16(9-11-22)23-14(3)21-17-7-6-15(20)12-18(17)23/h4,6-7,12-13,16H,1,5,8-11H2,2-3H3/t13-/m1/s1. The van der Waals surface area contributed by atoms with Crippen molar-refractivity contribution in [3.63, 3.8) is 0 Å². The third kappa shape index (κ3) is 3.07. The summed E-state index contributed by atoms with van der Waals surface area (Å²) >= 11 is 0. The lowest BCUT2D eigenvalue weighted by atomic mass is 10.0. The van der Waals surface area contributed by atoms with Crippen molar-refractivity contribution in [3.8, 4) is 0 Å². The van der Waals surface area contributed by atoms with E-state index in [1.165, 1.54) is 6.07 Å². The summed E-state index contributed by atoms with van der Waals surface area (Å²) < 4.78 is 15.8. The molecule has 2 aromatic rings. The minimum atomic E-state index is -0.241. The number of benzene rings is 1. The number of rotatable bonds is 4. The van der Waals surface area contributed by atoms with Gasteiger partial charge in [-0.25, -0.2) is 9.37 Å². The normalized spacial score (nSPS) is 17.2. The van der Waals surface area contributed by atoms with E-state index in [1.807, 2.05) is 18.7 Å². The Morgan fingerprint density at radius 1 is 1.46 bits per heavy atom. The van der Waals surface area contributed by atoms with Gasteiger partial charge in [-0.15, -0.1) is 6.58 Å². The van der Waals surface area contributed by atoms with Crippen molar-refractivity contribution in [1.82, 2.24) is 14.5 Å². The first-order chi connectivity index (χ1) is 11.5.